The van der Waals surface area contributed by atoms with Crippen LogP contribution in [-0.2, 0) is 17.9 Å². The Morgan fingerprint density at radius 3 is 1.81 bits per heavy atom. The average molecular weight is 282 g/mol. The van der Waals surface area contributed by atoms with Crippen molar-refractivity contribution in [2.45, 2.75) is 19.5 Å². The fraction of sp³-hybridized carbons (Fsp3) is 0.278. The molecule has 0 saturated heterocycles. The van der Waals surface area contributed by atoms with Gasteiger partial charge in [0.1, 0.15) is 0 Å². The van der Waals surface area contributed by atoms with Crippen LogP contribution in [0.1, 0.15) is 17.5 Å². The Bertz CT molecular complexity index is 498. The van der Waals surface area contributed by atoms with Gasteiger partial charge in [0.25, 0.3) is 0 Å². The van der Waals surface area contributed by atoms with Crippen molar-refractivity contribution in [2.75, 3.05) is 13.6 Å². The van der Waals surface area contributed by atoms with Gasteiger partial charge in [0.2, 0.25) is 5.91 Å². The van der Waals surface area contributed by atoms with E-state index < -0.39 is 0 Å². The third-order valence-electron chi connectivity index (χ3n) is 3.43. The van der Waals surface area contributed by atoms with Crippen LogP contribution in [0.3, 0.4) is 0 Å². The molecule has 0 heterocycles. The van der Waals surface area contributed by atoms with Crippen LogP contribution in [-0.4, -0.2) is 24.4 Å². The lowest BCUT2D eigenvalue weighted by molar-refractivity contribution is -0.121. The number of benzene rings is 2. The van der Waals surface area contributed by atoms with Crippen molar-refractivity contribution in [1.29, 1.82) is 0 Å². The second-order valence-electron chi connectivity index (χ2n) is 5.11. The van der Waals surface area contributed by atoms with Gasteiger partial charge in [0, 0.05) is 33.1 Å². The number of amides is 1. The maximum atomic E-state index is 11.5. The first-order valence-electron chi connectivity index (χ1n) is 7.28. The first-order chi connectivity index (χ1) is 10.3. The summed E-state index contributed by atoms with van der Waals surface area (Å²) in [6.45, 7) is 2.46. The van der Waals surface area contributed by atoms with Crippen molar-refractivity contribution in [2.24, 2.45) is 0 Å². The largest absolute Gasteiger partial charge is 0.359 e. The van der Waals surface area contributed by atoms with Crippen molar-refractivity contribution in [3.63, 3.8) is 0 Å². The molecule has 0 aromatic heterocycles. The molecule has 1 amide bonds. The van der Waals surface area contributed by atoms with E-state index in [4.69, 9.17) is 0 Å². The molecule has 110 valence electrons. The van der Waals surface area contributed by atoms with Gasteiger partial charge in [-0.2, -0.15) is 0 Å². The molecule has 0 bridgehead atoms. The Hall–Kier alpha value is -2.13. The number of hydrogen-bond acceptors (Lipinski definition) is 2. The molecule has 2 aromatic carbocycles. The minimum atomic E-state index is 0.0844. The van der Waals surface area contributed by atoms with Gasteiger partial charge in [-0.1, -0.05) is 60.7 Å². The number of carbonyl (C=O) groups is 1. The molecule has 0 saturated carbocycles. The molecular formula is C18H22N2O. The van der Waals surface area contributed by atoms with E-state index in [1.54, 1.807) is 7.05 Å². The van der Waals surface area contributed by atoms with E-state index in [0.29, 0.717) is 6.42 Å². The molecule has 2 aromatic rings. The van der Waals surface area contributed by atoms with Crippen LogP contribution in [0.25, 0.3) is 0 Å². The van der Waals surface area contributed by atoms with E-state index in [1.165, 1.54) is 11.1 Å². The lowest BCUT2D eigenvalue weighted by Crippen LogP contribution is -2.28. The van der Waals surface area contributed by atoms with Gasteiger partial charge in [0.05, 0.1) is 0 Å². The van der Waals surface area contributed by atoms with E-state index in [1.807, 2.05) is 12.1 Å². The summed E-state index contributed by atoms with van der Waals surface area (Å²) in [5.41, 5.74) is 2.54. The highest BCUT2D eigenvalue weighted by Crippen LogP contribution is 2.10. The number of nitrogens with one attached hydrogen (secondary N) is 1. The molecule has 0 radical (unpaired) electrons. The topological polar surface area (TPSA) is 32.3 Å². The van der Waals surface area contributed by atoms with E-state index in [0.717, 1.165) is 19.6 Å². The molecule has 0 aliphatic heterocycles. The summed E-state index contributed by atoms with van der Waals surface area (Å²) in [6.07, 6.45) is 0.524. The predicted octanol–water partition coefficient (Wildman–Crippen LogP) is 2.82. The molecule has 0 atom stereocenters. The minimum absolute atomic E-state index is 0.0844. The van der Waals surface area contributed by atoms with Crippen LogP contribution >= 0.6 is 0 Å². The van der Waals surface area contributed by atoms with Gasteiger partial charge in [-0.05, 0) is 11.1 Å². The predicted molar refractivity (Wildman–Crippen MR) is 85.7 cm³/mol. The van der Waals surface area contributed by atoms with Gasteiger partial charge in [-0.25, -0.2) is 0 Å². The fourth-order valence-electron chi connectivity index (χ4n) is 2.28. The van der Waals surface area contributed by atoms with E-state index >= 15 is 0 Å². The van der Waals surface area contributed by atoms with E-state index in [2.05, 4.69) is 58.7 Å². The summed E-state index contributed by atoms with van der Waals surface area (Å²) >= 11 is 0. The molecule has 3 nitrogen and oxygen atoms in total. The summed E-state index contributed by atoms with van der Waals surface area (Å²) < 4.78 is 0. The molecular weight excluding hydrogens is 260 g/mol. The number of carbonyl (C=O) groups excluding carboxylic acids is 1. The maximum Gasteiger partial charge on any atom is 0.221 e. The smallest absolute Gasteiger partial charge is 0.221 e. The van der Waals surface area contributed by atoms with Gasteiger partial charge in [-0.3, -0.25) is 9.69 Å². The molecule has 0 spiro atoms. The molecule has 0 aliphatic carbocycles. The quantitative estimate of drug-likeness (QED) is 0.847. The van der Waals surface area contributed by atoms with Crippen molar-refractivity contribution < 1.29 is 4.79 Å². The molecule has 21 heavy (non-hydrogen) atoms. The van der Waals surface area contributed by atoms with E-state index in [-0.39, 0.29) is 5.91 Å². The van der Waals surface area contributed by atoms with E-state index in [9.17, 15) is 4.79 Å². The molecule has 1 N–H and O–H groups in total. The van der Waals surface area contributed by atoms with Crippen molar-refractivity contribution >= 4 is 5.91 Å². The highest BCUT2D eigenvalue weighted by Gasteiger charge is 2.09. The number of hydrogen-bond donors (Lipinski definition) is 1. The lowest BCUT2D eigenvalue weighted by atomic mass is 10.1. The van der Waals surface area contributed by atoms with Crippen molar-refractivity contribution in [3.8, 4) is 0 Å². The van der Waals surface area contributed by atoms with Crippen LogP contribution in [0.2, 0.25) is 0 Å². The summed E-state index contributed by atoms with van der Waals surface area (Å²) in [6, 6.07) is 20.7. The Morgan fingerprint density at radius 2 is 1.38 bits per heavy atom. The first-order valence-corrected chi connectivity index (χ1v) is 7.28. The Kier molecular flexibility index (Phi) is 5.98. The SMILES string of the molecule is CNC(=O)CCN(Cc1ccccc1)Cc1ccccc1. The van der Waals surface area contributed by atoms with Crippen LogP contribution in [0, 0.1) is 0 Å². The van der Waals surface area contributed by atoms with Crippen LogP contribution in [0.15, 0.2) is 60.7 Å². The second kappa shape index (κ2) is 8.22. The second-order valence-corrected chi connectivity index (χ2v) is 5.11. The van der Waals surface area contributed by atoms with Gasteiger partial charge in [-0.15, -0.1) is 0 Å². The van der Waals surface area contributed by atoms with Crippen LogP contribution < -0.4 is 5.32 Å². The third-order valence-corrected chi connectivity index (χ3v) is 3.43. The molecule has 0 fully saturated rings. The van der Waals surface area contributed by atoms with Crippen LogP contribution in [0.4, 0.5) is 0 Å². The molecule has 3 heteroatoms. The highest BCUT2D eigenvalue weighted by molar-refractivity contribution is 5.75. The summed E-state index contributed by atoms with van der Waals surface area (Å²) in [5, 5.41) is 2.68. The zero-order valence-electron chi connectivity index (χ0n) is 12.5. The first kappa shape index (κ1) is 15.3. The monoisotopic (exact) mass is 282 g/mol. The number of rotatable bonds is 7. The molecule has 2 rings (SSSR count). The number of nitrogens with zero attached hydrogens (tertiary/aromatic N) is 1. The average Bonchev–Trinajstić information content (AvgIpc) is 2.54. The molecule has 0 unspecified atom stereocenters. The minimum Gasteiger partial charge on any atom is -0.359 e. The highest BCUT2D eigenvalue weighted by atomic mass is 16.1. The zero-order valence-corrected chi connectivity index (χ0v) is 12.5. The normalized spacial score (nSPS) is 10.6. The van der Waals surface area contributed by atoms with Gasteiger partial charge < -0.3 is 5.32 Å². The Labute approximate surface area is 126 Å². The maximum absolute atomic E-state index is 11.5. The summed E-state index contributed by atoms with van der Waals surface area (Å²) in [5.74, 6) is 0.0844. The zero-order chi connectivity index (χ0) is 14.9. The van der Waals surface area contributed by atoms with Crippen molar-refractivity contribution in [1.82, 2.24) is 10.2 Å². The standard InChI is InChI=1S/C18H22N2O/c1-19-18(21)12-13-20(14-16-8-4-2-5-9-16)15-17-10-6-3-7-11-17/h2-11H,12-15H2,1H3,(H,19,21). The van der Waals surface area contributed by atoms with Gasteiger partial charge >= 0.3 is 0 Å². The molecule has 0 aliphatic rings. The van der Waals surface area contributed by atoms with Crippen LogP contribution in [0.5, 0.6) is 0 Å². The summed E-state index contributed by atoms with van der Waals surface area (Å²) in [7, 11) is 1.68. The van der Waals surface area contributed by atoms with Crippen molar-refractivity contribution in [3.05, 3.63) is 71.8 Å². The van der Waals surface area contributed by atoms with Gasteiger partial charge in [0.15, 0.2) is 0 Å². The lowest BCUT2D eigenvalue weighted by Gasteiger charge is -2.22. The summed E-state index contributed by atoms with van der Waals surface area (Å²) in [4.78, 5) is 13.8. The Balaban J connectivity index is 2.01. The Morgan fingerprint density at radius 1 is 0.905 bits per heavy atom. The third kappa shape index (κ3) is 5.40. The fourth-order valence-corrected chi connectivity index (χ4v) is 2.28.